The summed E-state index contributed by atoms with van der Waals surface area (Å²) in [5.41, 5.74) is 1.92. The van der Waals surface area contributed by atoms with E-state index in [1.54, 1.807) is 12.1 Å². The van der Waals surface area contributed by atoms with E-state index < -0.39 is 0 Å². The van der Waals surface area contributed by atoms with Gasteiger partial charge in [0.05, 0.1) is 5.39 Å². The molecule has 96 valence electrons. The number of fused-ring (bicyclic) bond motifs is 1. The molecule has 18 heavy (non-hydrogen) atoms. The van der Waals surface area contributed by atoms with Crippen molar-refractivity contribution in [2.24, 2.45) is 0 Å². The van der Waals surface area contributed by atoms with Crippen LogP contribution in [0.3, 0.4) is 0 Å². The Morgan fingerprint density at radius 3 is 1.39 bits per heavy atom. The monoisotopic (exact) mass is 246 g/mol. The molecule has 0 saturated heterocycles. The Morgan fingerprint density at radius 1 is 0.667 bits per heavy atom. The minimum absolute atomic E-state index is 0.0943. The molecule has 0 spiro atoms. The average Bonchev–Trinajstić information content (AvgIpc) is 2.28. The van der Waals surface area contributed by atoms with E-state index in [1.807, 2.05) is 50.1 Å². The van der Waals surface area contributed by atoms with Crippen molar-refractivity contribution in [3.05, 3.63) is 24.3 Å². The van der Waals surface area contributed by atoms with Crippen molar-refractivity contribution >= 4 is 22.1 Å². The Bertz CT molecular complexity index is 543. The van der Waals surface area contributed by atoms with Gasteiger partial charge in [0.15, 0.2) is 0 Å². The Labute approximate surface area is 107 Å². The van der Waals surface area contributed by atoms with Crippen molar-refractivity contribution < 1.29 is 10.2 Å². The van der Waals surface area contributed by atoms with Gasteiger partial charge in [-0.1, -0.05) is 0 Å². The van der Waals surface area contributed by atoms with Crippen molar-refractivity contribution in [2.45, 2.75) is 0 Å². The molecule has 0 fully saturated rings. The number of hydrogen-bond acceptors (Lipinski definition) is 4. The van der Waals surface area contributed by atoms with Gasteiger partial charge in [-0.25, -0.2) is 0 Å². The fraction of sp³-hybridized carbons (Fsp3) is 0.286. The quantitative estimate of drug-likeness (QED) is 0.854. The van der Waals surface area contributed by atoms with E-state index in [9.17, 15) is 10.2 Å². The molecule has 0 amide bonds. The highest BCUT2D eigenvalue weighted by molar-refractivity contribution is 6.09. The lowest BCUT2D eigenvalue weighted by Crippen LogP contribution is -2.13. The first-order valence-corrected chi connectivity index (χ1v) is 5.75. The fourth-order valence-electron chi connectivity index (χ4n) is 2.17. The predicted octanol–water partition coefficient (Wildman–Crippen LogP) is 2.38. The molecule has 0 saturated carbocycles. The molecule has 2 N–H and O–H groups in total. The fourth-order valence-corrected chi connectivity index (χ4v) is 2.17. The summed E-state index contributed by atoms with van der Waals surface area (Å²) >= 11 is 0. The van der Waals surface area contributed by atoms with Crippen LogP contribution in [0.15, 0.2) is 24.3 Å². The second-order valence-corrected chi connectivity index (χ2v) is 4.75. The number of aromatic hydroxyl groups is 2. The van der Waals surface area contributed by atoms with Crippen LogP contribution < -0.4 is 9.80 Å². The number of hydrogen-bond donors (Lipinski definition) is 2. The predicted molar refractivity (Wildman–Crippen MR) is 75.9 cm³/mol. The summed E-state index contributed by atoms with van der Waals surface area (Å²) in [6.45, 7) is 0. The van der Waals surface area contributed by atoms with E-state index in [1.165, 1.54) is 0 Å². The molecule has 0 bridgehead atoms. The third-order valence-electron chi connectivity index (χ3n) is 3.04. The molecule has 0 radical (unpaired) electrons. The van der Waals surface area contributed by atoms with Crippen molar-refractivity contribution in [1.29, 1.82) is 0 Å². The van der Waals surface area contributed by atoms with Crippen molar-refractivity contribution in [3.8, 4) is 11.5 Å². The summed E-state index contributed by atoms with van der Waals surface area (Å²) in [6.07, 6.45) is 0. The first-order chi connectivity index (χ1) is 8.43. The van der Waals surface area contributed by atoms with Crippen LogP contribution in [-0.2, 0) is 0 Å². The van der Waals surface area contributed by atoms with Gasteiger partial charge in [-0.15, -0.1) is 0 Å². The Kier molecular flexibility index (Phi) is 2.95. The van der Waals surface area contributed by atoms with Gasteiger partial charge in [0.1, 0.15) is 11.5 Å². The van der Waals surface area contributed by atoms with E-state index in [4.69, 9.17) is 0 Å². The van der Waals surface area contributed by atoms with Crippen molar-refractivity contribution in [2.75, 3.05) is 38.0 Å². The smallest absolute Gasteiger partial charge is 0.127 e. The van der Waals surface area contributed by atoms with Crippen LogP contribution >= 0.6 is 0 Å². The van der Waals surface area contributed by atoms with Crippen LogP contribution in [0, 0.1) is 0 Å². The lowest BCUT2D eigenvalue weighted by atomic mass is 10.0. The molecule has 4 nitrogen and oxygen atoms in total. The summed E-state index contributed by atoms with van der Waals surface area (Å²) in [5.74, 6) is 0.189. The maximum atomic E-state index is 9.97. The number of phenols is 2. The van der Waals surface area contributed by atoms with Gasteiger partial charge >= 0.3 is 0 Å². The first kappa shape index (κ1) is 12.4. The number of rotatable bonds is 2. The molecule has 0 aliphatic heterocycles. The molecule has 0 heterocycles. The minimum Gasteiger partial charge on any atom is -0.507 e. The highest BCUT2D eigenvalue weighted by atomic mass is 16.3. The van der Waals surface area contributed by atoms with E-state index >= 15 is 0 Å². The third-order valence-corrected chi connectivity index (χ3v) is 3.04. The average molecular weight is 246 g/mol. The zero-order chi connectivity index (χ0) is 13.4. The topological polar surface area (TPSA) is 46.9 Å². The number of phenolic OH excluding ortho intramolecular Hbond substituents is 2. The Balaban J connectivity index is 2.97. The number of anilines is 2. The van der Waals surface area contributed by atoms with Gasteiger partial charge in [-0.05, 0) is 24.3 Å². The van der Waals surface area contributed by atoms with Gasteiger partial charge in [-0.2, -0.15) is 0 Å². The maximum Gasteiger partial charge on any atom is 0.127 e. The number of benzene rings is 2. The van der Waals surface area contributed by atoms with Crippen LogP contribution in [0.25, 0.3) is 10.8 Å². The lowest BCUT2D eigenvalue weighted by Gasteiger charge is -2.22. The van der Waals surface area contributed by atoms with Gasteiger partial charge < -0.3 is 20.0 Å². The molecule has 0 atom stereocenters. The summed E-state index contributed by atoms with van der Waals surface area (Å²) in [4.78, 5) is 3.93. The van der Waals surface area contributed by atoms with Crippen molar-refractivity contribution in [3.63, 3.8) is 0 Å². The van der Waals surface area contributed by atoms with Crippen LogP contribution in [-0.4, -0.2) is 38.4 Å². The summed E-state index contributed by atoms with van der Waals surface area (Å²) in [6, 6.07) is 6.92. The molecule has 2 aromatic rings. The molecule has 4 heteroatoms. The molecular weight excluding hydrogens is 228 g/mol. The van der Waals surface area contributed by atoms with Gasteiger partial charge in [0, 0.05) is 45.0 Å². The van der Waals surface area contributed by atoms with Crippen molar-refractivity contribution in [1.82, 2.24) is 0 Å². The highest BCUT2D eigenvalue weighted by Crippen LogP contribution is 2.42. The SMILES string of the molecule is CN(C)c1ccc(O)c2c(O)ccc(N(C)C)c12. The van der Waals surface area contributed by atoms with Gasteiger partial charge in [0.25, 0.3) is 0 Å². The normalized spacial score (nSPS) is 10.7. The molecule has 2 rings (SSSR count). The van der Waals surface area contributed by atoms with E-state index in [0.717, 1.165) is 16.8 Å². The summed E-state index contributed by atoms with van der Waals surface area (Å²) < 4.78 is 0. The number of nitrogens with zero attached hydrogens (tertiary/aromatic N) is 2. The van der Waals surface area contributed by atoms with E-state index in [2.05, 4.69) is 0 Å². The lowest BCUT2D eigenvalue weighted by molar-refractivity contribution is 0.464. The summed E-state index contributed by atoms with van der Waals surface area (Å²) in [5, 5.41) is 21.3. The van der Waals surface area contributed by atoms with Gasteiger partial charge in [0.2, 0.25) is 0 Å². The molecule has 0 aliphatic rings. The first-order valence-electron chi connectivity index (χ1n) is 5.75. The maximum absolute atomic E-state index is 9.97. The molecule has 0 aromatic heterocycles. The zero-order valence-corrected chi connectivity index (χ0v) is 11.1. The van der Waals surface area contributed by atoms with E-state index in [0.29, 0.717) is 5.39 Å². The van der Waals surface area contributed by atoms with Crippen LogP contribution in [0.5, 0.6) is 11.5 Å². The third kappa shape index (κ3) is 1.79. The zero-order valence-electron chi connectivity index (χ0n) is 11.1. The Hall–Kier alpha value is -2.10. The second kappa shape index (κ2) is 4.29. The van der Waals surface area contributed by atoms with Crippen LogP contribution in [0.4, 0.5) is 11.4 Å². The standard InChI is InChI=1S/C14H18N2O2/c1-15(2)9-5-7-11(17)14-12(18)8-6-10(13(9)14)16(3)4/h5-8,17-18H,1-4H3. The van der Waals surface area contributed by atoms with Crippen LogP contribution in [0.1, 0.15) is 0 Å². The molecule has 2 aromatic carbocycles. The highest BCUT2D eigenvalue weighted by Gasteiger charge is 2.15. The molecule has 0 unspecified atom stereocenters. The molecular formula is C14H18N2O2. The minimum atomic E-state index is 0.0943. The van der Waals surface area contributed by atoms with E-state index in [-0.39, 0.29) is 11.5 Å². The summed E-state index contributed by atoms with van der Waals surface area (Å²) in [7, 11) is 7.76. The Morgan fingerprint density at radius 2 is 1.06 bits per heavy atom. The van der Waals surface area contributed by atoms with Crippen LogP contribution in [0.2, 0.25) is 0 Å². The second-order valence-electron chi connectivity index (χ2n) is 4.75. The van der Waals surface area contributed by atoms with Gasteiger partial charge in [-0.3, -0.25) is 0 Å². The largest absolute Gasteiger partial charge is 0.507 e. The molecule has 0 aliphatic carbocycles.